The van der Waals surface area contributed by atoms with E-state index in [2.05, 4.69) is 206 Å². The Morgan fingerprint density at radius 3 is 1.44 bits per heavy atom. The van der Waals surface area contributed by atoms with Gasteiger partial charge >= 0.3 is 0 Å². The third-order valence-electron chi connectivity index (χ3n) is 13.9. The Hall–Kier alpha value is -8.78. The van der Waals surface area contributed by atoms with E-state index in [0.717, 1.165) is 61.5 Å². The van der Waals surface area contributed by atoms with Crippen molar-refractivity contribution in [2.75, 3.05) is 9.80 Å². The monoisotopic (exact) mass is 873 g/mol. The molecule has 0 saturated carbocycles. The largest absolute Gasteiger partial charge is 0.320 e. The topological polar surface area (TPSA) is 10.8 Å². The summed E-state index contributed by atoms with van der Waals surface area (Å²) in [5, 5.41) is 7.02. The van der Waals surface area contributed by atoms with Crippen LogP contribution in [0, 0.1) is 12.4 Å². The SMILES string of the molecule is [C-]#[N+]c1ccccc1N(c1ccc(-c2ccc3ccccc3c2)cc1)c1ccc2c(c1)C(C)(C)c1cc3cc(N(c4ccc(-c5ccc6ccccc6c5)cc4)c4ccccc4F)ccc3cc1-2. The van der Waals surface area contributed by atoms with Crippen LogP contribution in [-0.4, -0.2) is 0 Å². The van der Waals surface area contributed by atoms with Gasteiger partial charge in [0.05, 0.1) is 17.9 Å². The fraction of sp³-hybridized carbons (Fsp3) is 0.0469. The third kappa shape index (κ3) is 6.96. The Morgan fingerprint density at radius 2 is 0.824 bits per heavy atom. The molecule has 3 nitrogen and oxygen atoms in total. The molecule has 322 valence electrons. The summed E-state index contributed by atoms with van der Waals surface area (Å²) in [6, 6.07) is 79.7. The van der Waals surface area contributed by atoms with E-state index in [1.165, 1.54) is 49.9 Å². The van der Waals surface area contributed by atoms with E-state index >= 15 is 4.39 Å². The van der Waals surface area contributed by atoms with Crippen molar-refractivity contribution in [2.45, 2.75) is 19.3 Å². The summed E-state index contributed by atoms with van der Waals surface area (Å²) in [7, 11) is 0. The summed E-state index contributed by atoms with van der Waals surface area (Å²) in [5.41, 5.74) is 14.6. The van der Waals surface area contributed by atoms with Crippen molar-refractivity contribution in [3.8, 4) is 33.4 Å². The van der Waals surface area contributed by atoms with E-state index in [0.29, 0.717) is 11.4 Å². The van der Waals surface area contributed by atoms with Crippen LogP contribution in [-0.2, 0) is 5.41 Å². The van der Waals surface area contributed by atoms with Gasteiger partial charge in [0.15, 0.2) is 0 Å². The zero-order chi connectivity index (χ0) is 45.9. The number of halogens is 1. The minimum absolute atomic E-state index is 0.290. The number of benzene rings is 11. The van der Waals surface area contributed by atoms with Crippen molar-refractivity contribution in [3.63, 3.8) is 0 Å². The highest BCUT2D eigenvalue weighted by Gasteiger charge is 2.36. The fourth-order valence-corrected chi connectivity index (χ4v) is 10.3. The molecule has 0 spiro atoms. The maximum Gasteiger partial charge on any atom is 0.210 e. The zero-order valence-electron chi connectivity index (χ0n) is 37.7. The number of rotatable bonds is 8. The lowest BCUT2D eigenvalue weighted by Crippen LogP contribution is -2.16. The molecule has 12 rings (SSSR count). The third-order valence-corrected chi connectivity index (χ3v) is 13.9. The predicted octanol–water partition coefficient (Wildman–Crippen LogP) is 18.4. The molecular formula is C64H44FN3. The first-order valence-electron chi connectivity index (χ1n) is 23.0. The molecule has 0 fully saturated rings. The minimum Gasteiger partial charge on any atom is -0.320 e. The van der Waals surface area contributed by atoms with Gasteiger partial charge in [0.25, 0.3) is 0 Å². The van der Waals surface area contributed by atoms with Gasteiger partial charge in [0.1, 0.15) is 5.82 Å². The number of nitrogens with zero attached hydrogens (tertiary/aromatic N) is 3. The second-order valence-corrected chi connectivity index (χ2v) is 18.2. The maximum atomic E-state index is 15.9. The summed E-state index contributed by atoms with van der Waals surface area (Å²) in [6.07, 6.45) is 0. The molecule has 11 aromatic carbocycles. The summed E-state index contributed by atoms with van der Waals surface area (Å²) >= 11 is 0. The maximum absolute atomic E-state index is 15.9. The highest BCUT2D eigenvalue weighted by Crippen LogP contribution is 2.53. The molecule has 1 aliphatic carbocycles. The lowest BCUT2D eigenvalue weighted by Gasteiger charge is -2.29. The minimum atomic E-state index is -0.348. The molecule has 0 unspecified atom stereocenters. The zero-order valence-corrected chi connectivity index (χ0v) is 37.7. The standard InChI is InChI=1S/C64H44FN3/c1-64(2)58-40-51-38-54(67(62-18-10-8-16-60(62)65)52-29-24-44(25-30-52)48-22-20-42-12-4-6-14-46(42)36-48)33-28-50(51)39-57(58)56-35-34-55(41-59(56)64)68(63-19-11-9-17-61(63)66-3)53-31-26-45(27-32-53)49-23-21-43-13-5-7-15-47(43)37-49/h4-41H,1-2H3. The van der Waals surface area contributed by atoms with Crippen LogP contribution in [0.1, 0.15) is 25.0 Å². The van der Waals surface area contributed by atoms with Crippen LogP contribution < -0.4 is 9.80 Å². The van der Waals surface area contributed by atoms with E-state index in [1.54, 1.807) is 6.07 Å². The van der Waals surface area contributed by atoms with Gasteiger partial charge in [-0.3, -0.25) is 0 Å². The van der Waals surface area contributed by atoms with Crippen LogP contribution in [0.3, 0.4) is 0 Å². The highest BCUT2D eigenvalue weighted by molar-refractivity contribution is 5.98. The van der Waals surface area contributed by atoms with E-state index in [9.17, 15) is 0 Å². The normalized spacial score (nSPS) is 12.4. The summed E-state index contributed by atoms with van der Waals surface area (Å²) < 4.78 is 15.9. The molecule has 4 heteroatoms. The summed E-state index contributed by atoms with van der Waals surface area (Å²) in [6.45, 7) is 12.8. The van der Waals surface area contributed by atoms with Crippen molar-refractivity contribution in [2.24, 2.45) is 0 Å². The van der Waals surface area contributed by atoms with Gasteiger partial charge < -0.3 is 9.80 Å². The molecular weight excluding hydrogens is 830 g/mol. The number of para-hydroxylation sites is 3. The average molecular weight is 874 g/mol. The Kier molecular flexibility index (Phi) is 9.74. The van der Waals surface area contributed by atoms with Crippen LogP contribution in [0.25, 0.3) is 70.5 Å². The van der Waals surface area contributed by atoms with Crippen LogP contribution in [0.2, 0.25) is 0 Å². The number of fused-ring (bicyclic) bond motifs is 6. The molecule has 11 aromatic rings. The average Bonchev–Trinajstić information content (AvgIpc) is 3.60. The first-order valence-corrected chi connectivity index (χ1v) is 23.0. The molecule has 0 saturated heterocycles. The number of anilines is 6. The first kappa shape index (κ1) is 40.7. The van der Waals surface area contributed by atoms with Gasteiger partial charge in [-0.25, -0.2) is 9.24 Å². The fourth-order valence-electron chi connectivity index (χ4n) is 10.3. The Balaban J connectivity index is 0.913. The van der Waals surface area contributed by atoms with Crippen LogP contribution in [0.4, 0.5) is 44.2 Å². The van der Waals surface area contributed by atoms with Crippen LogP contribution in [0.5, 0.6) is 0 Å². The highest BCUT2D eigenvalue weighted by atomic mass is 19.1. The van der Waals surface area contributed by atoms with Gasteiger partial charge in [-0.05, 0) is 168 Å². The second kappa shape index (κ2) is 16.3. The van der Waals surface area contributed by atoms with Gasteiger partial charge in [-0.1, -0.05) is 153 Å². The van der Waals surface area contributed by atoms with Gasteiger partial charge in [0.2, 0.25) is 5.69 Å². The van der Waals surface area contributed by atoms with E-state index in [1.807, 2.05) is 41.3 Å². The molecule has 0 N–H and O–H groups in total. The Bertz CT molecular complexity index is 3810. The van der Waals surface area contributed by atoms with Crippen molar-refractivity contribution in [1.82, 2.24) is 0 Å². The second-order valence-electron chi connectivity index (χ2n) is 18.2. The first-order chi connectivity index (χ1) is 33.3. The van der Waals surface area contributed by atoms with Crippen LogP contribution in [0.15, 0.2) is 231 Å². The lowest BCUT2D eigenvalue weighted by atomic mass is 9.81. The predicted molar refractivity (Wildman–Crippen MR) is 283 cm³/mol. The molecule has 1 aliphatic rings. The molecule has 0 atom stereocenters. The van der Waals surface area contributed by atoms with E-state index in [4.69, 9.17) is 6.57 Å². The quantitative estimate of drug-likeness (QED) is 0.141. The lowest BCUT2D eigenvalue weighted by molar-refractivity contribution is 0.629. The van der Waals surface area contributed by atoms with Crippen molar-refractivity contribution >= 4 is 72.1 Å². The Labute approximate surface area is 396 Å². The van der Waals surface area contributed by atoms with Gasteiger partial charge in [-0.15, -0.1) is 0 Å². The molecule has 0 aliphatic heterocycles. The molecule has 68 heavy (non-hydrogen) atoms. The smallest absolute Gasteiger partial charge is 0.210 e. The van der Waals surface area contributed by atoms with Crippen molar-refractivity contribution < 1.29 is 4.39 Å². The van der Waals surface area contributed by atoms with E-state index in [-0.39, 0.29) is 11.2 Å². The van der Waals surface area contributed by atoms with Gasteiger partial charge in [0, 0.05) is 28.2 Å². The number of hydrogen-bond acceptors (Lipinski definition) is 2. The summed E-state index contributed by atoms with van der Waals surface area (Å²) in [5.74, 6) is -0.290. The van der Waals surface area contributed by atoms with Gasteiger partial charge in [-0.2, -0.15) is 0 Å². The molecule has 0 heterocycles. The molecule has 0 radical (unpaired) electrons. The Morgan fingerprint density at radius 1 is 0.368 bits per heavy atom. The van der Waals surface area contributed by atoms with Crippen molar-refractivity contribution in [3.05, 3.63) is 259 Å². The van der Waals surface area contributed by atoms with Crippen LogP contribution >= 0.6 is 0 Å². The van der Waals surface area contributed by atoms with E-state index < -0.39 is 0 Å². The molecule has 0 bridgehead atoms. The van der Waals surface area contributed by atoms with Crippen molar-refractivity contribution in [1.29, 1.82) is 0 Å². The molecule has 0 aromatic heterocycles. The molecule has 0 amide bonds. The summed E-state index contributed by atoms with van der Waals surface area (Å²) in [4.78, 5) is 8.20. The number of hydrogen-bond donors (Lipinski definition) is 0.